The number of hydrogen-bond donors (Lipinski definition) is 0. The van der Waals surface area contributed by atoms with E-state index in [0.717, 1.165) is 5.16 Å². The fourth-order valence-electron chi connectivity index (χ4n) is 1.07. The van der Waals surface area contributed by atoms with Crippen LogP contribution in [0.2, 0.25) is 5.15 Å². The number of imidazole rings is 1. The largest absolute Gasteiger partial charge is 0.465 e. The highest BCUT2D eigenvalue weighted by Crippen LogP contribution is 2.34. The van der Waals surface area contributed by atoms with Crippen LogP contribution >= 0.6 is 34.7 Å². The Bertz CT molecular complexity index is 552. The van der Waals surface area contributed by atoms with Crippen LogP contribution in [0.5, 0.6) is 0 Å². The van der Waals surface area contributed by atoms with Crippen molar-refractivity contribution in [3.63, 3.8) is 0 Å². The number of nitrogens with zero attached hydrogens (tertiary/aromatic N) is 3. The Kier molecular flexibility index (Phi) is 3.70. The van der Waals surface area contributed by atoms with Gasteiger partial charge in [0.15, 0.2) is 19.5 Å². The molecule has 2 aromatic rings. The number of ether oxygens (including phenoxy) is 1. The van der Waals surface area contributed by atoms with Gasteiger partial charge < -0.3 is 9.30 Å². The van der Waals surface area contributed by atoms with E-state index in [4.69, 9.17) is 11.6 Å². The molecule has 0 bridgehead atoms. The highest BCUT2D eigenvalue weighted by Gasteiger charge is 2.18. The maximum atomic E-state index is 11.4. The monoisotopic (exact) mass is 289 g/mol. The van der Waals surface area contributed by atoms with Crippen LogP contribution in [-0.2, 0) is 11.8 Å². The van der Waals surface area contributed by atoms with Crippen LogP contribution in [0.3, 0.4) is 0 Å². The molecule has 2 heterocycles. The lowest BCUT2D eigenvalue weighted by molar-refractivity contribution is 0.0606. The van der Waals surface area contributed by atoms with Gasteiger partial charge in [0, 0.05) is 19.4 Å². The summed E-state index contributed by atoms with van der Waals surface area (Å²) in [4.78, 5) is 19.9. The van der Waals surface area contributed by atoms with Crippen molar-refractivity contribution in [2.75, 3.05) is 7.11 Å². The zero-order chi connectivity index (χ0) is 12.4. The molecule has 0 atom stereocenters. The second-order valence-electron chi connectivity index (χ2n) is 3.01. The summed E-state index contributed by atoms with van der Waals surface area (Å²) < 4.78 is 7.12. The van der Waals surface area contributed by atoms with E-state index in [-0.39, 0.29) is 5.15 Å². The fourth-order valence-corrected chi connectivity index (χ4v) is 3.31. The lowest BCUT2D eigenvalue weighted by atomic mass is 10.6. The lowest BCUT2D eigenvalue weighted by Crippen LogP contribution is -1.98. The van der Waals surface area contributed by atoms with E-state index in [1.807, 2.05) is 17.8 Å². The molecule has 2 aromatic heterocycles. The van der Waals surface area contributed by atoms with E-state index in [9.17, 15) is 4.79 Å². The van der Waals surface area contributed by atoms with Gasteiger partial charge in [-0.25, -0.2) is 14.8 Å². The minimum absolute atomic E-state index is 0.165. The Morgan fingerprint density at radius 2 is 2.41 bits per heavy atom. The SMILES string of the molecule is COC(=O)c1sc(Sc2nccn2C)nc1Cl. The number of halogens is 1. The zero-order valence-electron chi connectivity index (χ0n) is 9.01. The Labute approximate surface area is 111 Å². The van der Waals surface area contributed by atoms with Crippen molar-refractivity contribution in [3.8, 4) is 0 Å². The molecule has 17 heavy (non-hydrogen) atoms. The number of carbonyl (C=O) groups excluding carboxylic acids is 1. The molecule has 0 spiro atoms. The van der Waals surface area contributed by atoms with Crippen LogP contribution in [-0.4, -0.2) is 27.6 Å². The Balaban J connectivity index is 2.24. The predicted octanol–water partition coefficient (Wildman–Crippen LogP) is 2.47. The summed E-state index contributed by atoms with van der Waals surface area (Å²) in [5.74, 6) is -0.473. The highest BCUT2D eigenvalue weighted by molar-refractivity contribution is 8.00. The molecule has 2 rings (SSSR count). The Morgan fingerprint density at radius 3 is 3.00 bits per heavy atom. The summed E-state index contributed by atoms with van der Waals surface area (Å²) >= 11 is 8.40. The molecule has 5 nitrogen and oxygen atoms in total. The van der Waals surface area contributed by atoms with Crippen molar-refractivity contribution in [1.82, 2.24) is 14.5 Å². The van der Waals surface area contributed by atoms with Gasteiger partial charge in [-0.3, -0.25) is 0 Å². The first-order valence-electron chi connectivity index (χ1n) is 4.51. The van der Waals surface area contributed by atoms with Crippen molar-refractivity contribution in [2.45, 2.75) is 9.50 Å². The third kappa shape index (κ3) is 2.62. The topological polar surface area (TPSA) is 57.0 Å². The number of hydrogen-bond acceptors (Lipinski definition) is 6. The third-order valence-electron chi connectivity index (χ3n) is 1.89. The van der Waals surface area contributed by atoms with Crippen LogP contribution in [0.15, 0.2) is 21.9 Å². The molecule has 0 N–H and O–H groups in total. The van der Waals surface area contributed by atoms with E-state index in [1.54, 1.807) is 6.20 Å². The maximum Gasteiger partial charge on any atom is 0.351 e. The molecule has 0 saturated carbocycles. The standard InChI is InChI=1S/C9H8ClN3O2S2/c1-13-4-3-11-8(13)17-9-12-6(10)5(16-9)7(14)15-2/h3-4H,1-2H3. The number of esters is 1. The number of aryl methyl sites for hydroxylation is 1. The molecule has 0 fully saturated rings. The van der Waals surface area contributed by atoms with Crippen molar-refractivity contribution in [3.05, 3.63) is 22.4 Å². The summed E-state index contributed by atoms with van der Waals surface area (Å²) in [6.45, 7) is 0. The molecule has 0 unspecified atom stereocenters. The van der Waals surface area contributed by atoms with Crippen LogP contribution in [0.4, 0.5) is 0 Å². The highest BCUT2D eigenvalue weighted by atomic mass is 35.5. The van der Waals surface area contributed by atoms with Crippen molar-refractivity contribution >= 4 is 40.7 Å². The molecule has 0 aliphatic rings. The molecular formula is C9H8ClN3O2S2. The second-order valence-corrected chi connectivity index (χ2v) is 5.59. The van der Waals surface area contributed by atoms with E-state index >= 15 is 0 Å². The normalized spacial score (nSPS) is 10.5. The van der Waals surface area contributed by atoms with Gasteiger partial charge in [0.05, 0.1) is 7.11 Å². The molecule has 0 aliphatic carbocycles. The number of methoxy groups -OCH3 is 1. The van der Waals surface area contributed by atoms with E-state index < -0.39 is 5.97 Å². The average molecular weight is 290 g/mol. The molecule has 8 heteroatoms. The molecule has 0 aromatic carbocycles. The van der Waals surface area contributed by atoms with Crippen LogP contribution < -0.4 is 0 Å². The smallest absolute Gasteiger partial charge is 0.351 e. The van der Waals surface area contributed by atoms with Crippen molar-refractivity contribution < 1.29 is 9.53 Å². The first kappa shape index (κ1) is 12.4. The first-order valence-corrected chi connectivity index (χ1v) is 6.52. The minimum Gasteiger partial charge on any atom is -0.465 e. The number of aromatic nitrogens is 3. The quantitative estimate of drug-likeness (QED) is 0.813. The van der Waals surface area contributed by atoms with Crippen LogP contribution in [0, 0.1) is 0 Å². The molecular weight excluding hydrogens is 282 g/mol. The van der Waals surface area contributed by atoms with E-state index in [1.165, 1.54) is 30.2 Å². The van der Waals surface area contributed by atoms with E-state index in [0.29, 0.717) is 9.22 Å². The molecule has 0 saturated heterocycles. The van der Waals surface area contributed by atoms with Gasteiger partial charge in [-0.2, -0.15) is 0 Å². The van der Waals surface area contributed by atoms with Gasteiger partial charge in [-0.1, -0.05) is 22.9 Å². The van der Waals surface area contributed by atoms with Gasteiger partial charge >= 0.3 is 5.97 Å². The molecule has 90 valence electrons. The van der Waals surface area contributed by atoms with Gasteiger partial charge in [0.1, 0.15) is 0 Å². The molecule has 0 radical (unpaired) electrons. The summed E-state index contributed by atoms with van der Waals surface area (Å²) in [5, 5.41) is 0.949. The zero-order valence-corrected chi connectivity index (χ0v) is 11.4. The van der Waals surface area contributed by atoms with E-state index in [2.05, 4.69) is 14.7 Å². The second kappa shape index (κ2) is 5.07. The van der Waals surface area contributed by atoms with Gasteiger partial charge in [-0.15, -0.1) is 0 Å². The van der Waals surface area contributed by atoms with Gasteiger partial charge in [0.2, 0.25) is 0 Å². The first-order chi connectivity index (χ1) is 8.11. The minimum atomic E-state index is -0.473. The molecule has 0 amide bonds. The summed E-state index contributed by atoms with van der Waals surface area (Å²) in [6, 6.07) is 0. The maximum absolute atomic E-state index is 11.4. The lowest BCUT2D eigenvalue weighted by Gasteiger charge is -1.96. The van der Waals surface area contributed by atoms with Crippen LogP contribution in [0.25, 0.3) is 0 Å². The summed E-state index contributed by atoms with van der Waals surface area (Å²) in [7, 11) is 3.19. The summed E-state index contributed by atoms with van der Waals surface area (Å²) in [5.41, 5.74) is 0. The number of carbonyl (C=O) groups is 1. The third-order valence-corrected chi connectivity index (χ3v) is 4.45. The number of rotatable bonds is 3. The van der Waals surface area contributed by atoms with Gasteiger partial charge in [0.25, 0.3) is 0 Å². The van der Waals surface area contributed by atoms with Crippen LogP contribution in [0.1, 0.15) is 9.67 Å². The molecule has 0 aliphatic heterocycles. The summed E-state index contributed by atoms with van der Waals surface area (Å²) in [6.07, 6.45) is 3.53. The Hall–Kier alpha value is -1.05. The fraction of sp³-hybridized carbons (Fsp3) is 0.222. The Morgan fingerprint density at radius 1 is 1.65 bits per heavy atom. The van der Waals surface area contributed by atoms with Gasteiger partial charge in [-0.05, 0) is 11.8 Å². The van der Waals surface area contributed by atoms with Crippen molar-refractivity contribution in [2.24, 2.45) is 7.05 Å². The number of thiazole rings is 1. The predicted molar refractivity (Wildman–Crippen MR) is 65.8 cm³/mol. The average Bonchev–Trinajstić information content (AvgIpc) is 2.86. The van der Waals surface area contributed by atoms with Crippen molar-refractivity contribution in [1.29, 1.82) is 0 Å².